The van der Waals surface area contributed by atoms with Crippen LogP contribution in [0.4, 0.5) is 11.4 Å². The van der Waals surface area contributed by atoms with E-state index in [1.54, 1.807) is 0 Å². The molecule has 0 aliphatic carbocycles. The van der Waals surface area contributed by atoms with Crippen LogP contribution in [0.5, 0.6) is 11.5 Å². The summed E-state index contributed by atoms with van der Waals surface area (Å²) >= 11 is 0. The number of para-hydroxylation sites is 4. The van der Waals surface area contributed by atoms with Crippen molar-refractivity contribution in [2.45, 2.75) is 85.5 Å². The Morgan fingerprint density at radius 3 is 2.10 bits per heavy atom. The Morgan fingerprint density at radius 2 is 1.37 bits per heavy atom. The molecule has 0 N–H and O–H groups in total. The van der Waals surface area contributed by atoms with Crippen molar-refractivity contribution < 1.29 is 25.8 Å². The average Bonchev–Trinajstić information content (AvgIpc) is 3.81. The molecule has 0 amide bonds. The molecule has 0 saturated heterocycles. The van der Waals surface area contributed by atoms with Crippen LogP contribution >= 0.6 is 0 Å². The van der Waals surface area contributed by atoms with E-state index in [9.17, 15) is 0 Å². The summed E-state index contributed by atoms with van der Waals surface area (Å²) in [6, 6.07) is 50.6. The molecule has 6 aromatic carbocycles. The molecule has 0 atom stereocenters. The normalized spacial score (nSPS) is 12.6. The van der Waals surface area contributed by atoms with E-state index >= 15 is 0 Å². The molecule has 0 radical (unpaired) electrons. The van der Waals surface area contributed by atoms with Crippen molar-refractivity contribution in [2.24, 2.45) is 0 Å². The van der Waals surface area contributed by atoms with Gasteiger partial charge >= 0.3 is 0 Å². The van der Waals surface area contributed by atoms with E-state index in [0.717, 1.165) is 67.0 Å². The number of hydrogen-bond acceptors (Lipinski definition) is 4. The van der Waals surface area contributed by atoms with Crippen LogP contribution < -0.4 is 9.64 Å². The summed E-state index contributed by atoms with van der Waals surface area (Å²) in [6.45, 7) is 22.6. The maximum atomic E-state index is 7.02. The minimum Gasteiger partial charge on any atom is -0.509 e. The van der Waals surface area contributed by atoms with Crippen LogP contribution in [0.15, 0.2) is 128 Å². The number of fused-ring (bicyclic) bond motifs is 8. The predicted molar refractivity (Wildman–Crippen MR) is 256 cm³/mol. The largest absolute Gasteiger partial charge is 0.509 e. The number of pyridine rings is 1. The van der Waals surface area contributed by atoms with Gasteiger partial charge in [0.2, 0.25) is 0 Å². The summed E-state index contributed by atoms with van der Waals surface area (Å²) in [5.74, 6) is 3.97. The van der Waals surface area contributed by atoms with Gasteiger partial charge in [0, 0.05) is 61.3 Å². The molecule has 10 rings (SSSR count). The van der Waals surface area contributed by atoms with Gasteiger partial charge in [0.05, 0.1) is 0 Å². The van der Waals surface area contributed by atoms with Crippen LogP contribution in [0.25, 0.3) is 61.2 Å². The summed E-state index contributed by atoms with van der Waals surface area (Å²) in [6.07, 6.45) is 1.91. The van der Waals surface area contributed by atoms with Crippen molar-refractivity contribution >= 4 is 44.2 Å². The van der Waals surface area contributed by atoms with E-state index in [4.69, 9.17) is 14.7 Å². The molecule has 63 heavy (non-hydrogen) atoms. The first-order valence-corrected chi connectivity index (χ1v) is 21.9. The summed E-state index contributed by atoms with van der Waals surface area (Å²) in [4.78, 5) is 12.2. The van der Waals surface area contributed by atoms with Gasteiger partial charge in [-0.25, -0.2) is 4.98 Å². The second-order valence-corrected chi connectivity index (χ2v) is 18.6. The van der Waals surface area contributed by atoms with Crippen molar-refractivity contribution in [1.29, 1.82) is 0 Å². The van der Waals surface area contributed by atoms with Gasteiger partial charge in [0.25, 0.3) is 0 Å². The Balaban J connectivity index is 0.00000504. The summed E-state index contributed by atoms with van der Waals surface area (Å²) < 4.78 is 11.4. The van der Waals surface area contributed by atoms with Gasteiger partial charge in [-0.1, -0.05) is 140 Å². The SMILES string of the molecule is CC(C)c1cc(C(C)C)c(-c2cc(Oc3[c-]c4c(cc3)c3ccccc3n4-c3cc(C(C)(C)C)ccn3)[c-]c(N3[CH-]n4c(nc5ccccc54)-c4ccccc43)c2)c(C(C)C)c1.[Pt]. The molecular formula is C56H52N5OPt-3. The van der Waals surface area contributed by atoms with Crippen LogP contribution in [0.3, 0.4) is 0 Å². The van der Waals surface area contributed by atoms with Gasteiger partial charge in [-0.15, -0.1) is 41.3 Å². The number of hydrogen-bond donors (Lipinski definition) is 0. The van der Waals surface area contributed by atoms with Gasteiger partial charge in [-0.2, -0.15) is 6.07 Å². The van der Waals surface area contributed by atoms with Gasteiger partial charge in [-0.3, -0.25) is 0 Å². The number of aromatic nitrogens is 4. The molecule has 9 aromatic rings. The van der Waals surface area contributed by atoms with Gasteiger partial charge in [0.15, 0.2) is 0 Å². The first kappa shape index (κ1) is 42.2. The monoisotopic (exact) mass is 1010 g/mol. The summed E-state index contributed by atoms with van der Waals surface area (Å²) in [5.41, 5.74) is 14.5. The van der Waals surface area contributed by atoms with Gasteiger partial charge in [0.1, 0.15) is 5.82 Å². The van der Waals surface area contributed by atoms with Crippen LogP contribution in [0.1, 0.15) is 102 Å². The first-order chi connectivity index (χ1) is 29.8. The van der Waals surface area contributed by atoms with Crippen molar-refractivity contribution in [3.05, 3.63) is 169 Å². The van der Waals surface area contributed by atoms with Gasteiger partial charge < -0.3 is 23.8 Å². The number of imidazole rings is 1. The molecule has 3 aromatic heterocycles. The molecule has 7 heteroatoms. The maximum Gasteiger partial charge on any atom is 0.135 e. The number of benzene rings is 6. The topological polar surface area (TPSA) is 48.1 Å². The molecule has 0 fully saturated rings. The van der Waals surface area contributed by atoms with Crippen LogP contribution in [0, 0.1) is 18.8 Å². The fourth-order valence-electron chi connectivity index (χ4n) is 9.04. The quantitative estimate of drug-likeness (QED) is 0.142. The van der Waals surface area contributed by atoms with E-state index in [1.807, 2.05) is 18.3 Å². The van der Waals surface area contributed by atoms with Crippen LogP contribution in [-0.4, -0.2) is 19.1 Å². The van der Waals surface area contributed by atoms with Crippen LogP contribution in [-0.2, 0) is 26.5 Å². The second-order valence-electron chi connectivity index (χ2n) is 18.6. The Kier molecular flexibility index (Phi) is 10.9. The molecule has 4 heterocycles. The van der Waals surface area contributed by atoms with E-state index in [0.29, 0.717) is 29.3 Å². The zero-order valence-corrected chi connectivity index (χ0v) is 39.7. The summed E-state index contributed by atoms with van der Waals surface area (Å²) in [5, 5.41) is 2.23. The fraction of sp³-hybridized carbons (Fsp3) is 0.232. The van der Waals surface area contributed by atoms with Crippen LogP contribution in [0.2, 0.25) is 0 Å². The molecule has 1 aliphatic heterocycles. The molecular weight excluding hydrogens is 954 g/mol. The Hall–Kier alpha value is -6.10. The Bertz CT molecular complexity index is 3150. The summed E-state index contributed by atoms with van der Waals surface area (Å²) in [7, 11) is 0. The molecule has 0 unspecified atom stereocenters. The van der Waals surface area contributed by atoms with Gasteiger partial charge in [-0.05, 0) is 104 Å². The molecule has 0 bridgehead atoms. The van der Waals surface area contributed by atoms with E-state index in [-0.39, 0.29) is 26.5 Å². The minimum atomic E-state index is -0.0359. The number of anilines is 2. The Morgan fingerprint density at radius 1 is 0.667 bits per heavy atom. The molecule has 1 aliphatic rings. The standard InChI is InChI=1S/C56H52N5O.Pt/c1-34(2)37-28-46(35(3)4)54(47(29-37)36(5)6)38-26-40(59-33-60-51-21-15-12-18-48(51)58-55(60)45-17-11-13-19-49(45)59)31-42(27-38)62-41-22-23-44-43-16-10-14-20-50(43)61(52(44)32-41)53-30-39(24-25-57-53)56(7,8)9;/h10-30,33-36H,1-9H3;/q-3;. The average molecular weight is 1010 g/mol. The van der Waals surface area contributed by atoms with Crippen molar-refractivity contribution in [2.75, 3.05) is 4.90 Å². The number of rotatable bonds is 8. The van der Waals surface area contributed by atoms with Crippen molar-refractivity contribution in [1.82, 2.24) is 19.1 Å². The molecule has 0 spiro atoms. The third-order valence-corrected chi connectivity index (χ3v) is 12.4. The zero-order chi connectivity index (χ0) is 43.0. The third kappa shape index (κ3) is 7.42. The van der Waals surface area contributed by atoms with Crippen molar-refractivity contribution in [3.63, 3.8) is 0 Å². The Labute approximate surface area is 385 Å². The fourth-order valence-corrected chi connectivity index (χ4v) is 9.04. The predicted octanol–water partition coefficient (Wildman–Crippen LogP) is 15.0. The van der Waals surface area contributed by atoms with E-state index < -0.39 is 0 Å². The molecule has 0 saturated carbocycles. The zero-order valence-electron chi connectivity index (χ0n) is 37.4. The number of nitrogens with zero attached hydrogens (tertiary/aromatic N) is 5. The first-order valence-electron chi connectivity index (χ1n) is 21.9. The number of ether oxygens (including phenoxy) is 1. The molecule has 320 valence electrons. The van der Waals surface area contributed by atoms with E-state index in [2.05, 4.69) is 204 Å². The minimum absolute atomic E-state index is 0. The second kappa shape index (κ2) is 16.2. The third-order valence-electron chi connectivity index (χ3n) is 12.4. The molecule has 6 nitrogen and oxygen atoms in total. The van der Waals surface area contributed by atoms with E-state index in [1.165, 1.54) is 27.8 Å². The van der Waals surface area contributed by atoms with Crippen molar-refractivity contribution in [3.8, 4) is 39.8 Å². The maximum absolute atomic E-state index is 7.02. The smallest absolute Gasteiger partial charge is 0.135 e.